The van der Waals surface area contributed by atoms with Crippen molar-refractivity contribution < 1.29 is 18.8 Å². The van der Waals surface area contributed by atoms with Crippen molar-refractivity contribution in [2.75, 3.05) is 27.2 Å². The summed E-state index contributed by atoms with van der Waals surface area (Å²) in [5, 5.41) is 0.620. The fourth-order valence-electron chi connectivity index (χ4n) is 3.85. The quantitative estimate of drug-likeness (QED) is 0.595. The van der Waals surface area contributed by atoms with Crippen molar-refractivity contribution in [2.45, 2.75) is 24.2 Å². The van der Waals surface area contributed by atoms with Crippen LogP contribution in [0.5, 0.6) is 0 Å². The Labute approximate surface area is 158 Å². The lowest BCUT2D eigenvalue weighted by Crippen LogP contribution is -2.53. The average Bonchev–Trinajstić information content (AvgIpc) is 2.93. The van der Waals surface area contributed by atoms with E-state index in [-0.39, 0.29) is 5.97 Å². The third kappa shape index (κ3) is 2.82. The molecule has 1 unspecified atom stereocenters. The predicted molar refractivity (Wildman–Crippen MR) is 99.7 cm³/mol. The van der Waals surface area contributed by atoms with E-state index in [0.717, 1.165) is 28.7 Å². The number of nitrogens with zero attached hydrogens (tertiary/aromatic N) is 1. The molecule has 2 aromatic rings. The van der Waals surface area contributed by atoms with Gasteiger partial charge in [-0.05, 0) is 23.3 Å². The predicted octanol–water partition coefficient (Wildman–Crippen LogP) is 3.72. The van der Waals surface area contributed by atoms with Gasteiger partial charge in [0.15, 0.2) is 0 Å². The fraction of sp³-hybridized carbons (Fsp3) is 0.381. The van der Waals surface area contributed by atoms with Gasteiger partial charge in [0.2, 0.25) is 11.4 Å². The molecule has 2 saturated heterocycles. The van der Waals surface area contributed by atoms with Gasteiger partial charge in [-0.2, -0.15) is 0 Å². The molecule has 4 nitrogen and oxygen atoms in total. The zero-order valence-electron chi connectivity index (χ0n) is 15.1. The number of rotatable bonds is 2. The maximum Gasteiger partial charge on any atom is 0.350 e. The molecule has 2 fully saturated rings. The number of ether oxygens (including phenoxy) is 2. The van der Waals surface area contributed by atoms with E-state index in [9.17, 15) is 4.79 Å². The molecule has 1 spiro atoms. The monoisotopic (exact) mass is 372 g/mol. The summed E-state index contributed by atoms with van der Waals surface area (Å²) in [7, 11) is 4.38. The number of likely N-dealkylation sites (tertiary alicyclic amines) is 1. The number of piperidine rings is 1. The number of hydrogen-bond acceptors (Lipinski definition) is 3. The van der Waals surface area contributed by atoms with Crippen molar-refractivity contribution in [1.82, 2.24) is 0 Å². The maximum atomic E-state index is 13.2. The number of esters is 1. The Morgan fingerprint density at radius 2 is 1.50 bits per heavy atom. The van der Waals surface area contributed by atoms with E-state index in [4.69, 9.17) is 21.1 Å². The summed E-state index contributed by atoms with van der Waals surface area (Å²) in [5.74, 6) is -1.21. The SMILES string of the molecule is C[N+]1(C)CCC2(CC1)OC(=O)C(c1ccccc1)(c1ccc(Cl)cc1)O2. The minimum absolute atomic E-state index is 0.349. The number of halogens is 1. The normalized spacial score (nSPS) is 26.7. The molecule has 0 aliphatic carbocycles. The van der Waals surface area contributed by atoms with E-state index in [1.165, 1.54) is 0 Å². The van der Waals surface area contributed by atoms with Crippen LogP contribution >= 0.6 is 11.6 Å². The molecule has 0 saturated carbocycles. The molecule has 0 radical (unpaired) electrons. The van der Waals surface area contributed by atoms with Gasteiger partial charge in [0.1, 0.15) is 0 Å². The lowest BCUT2D eigenvalue weighted by atomic mass is 9.86. The van der Waals surface area contributed by atoms with Gasteiger partial charge in [0, 0.05) is 5.02 Å². The Morgan fingerprint density at radius 3 is 2.12 bits per heavy atom. The van der Waals surface area contributed by atoms with E-state index >= 15 is 0 Å². The van der Waals surface area contributed by atoms with E-state index in [1.54, 1.807) is 12.1 Å². The highest BCUT2D eigenvalue weighted by Crippen LogP contribution is 2.49. The largest absolute Gasteiger partial charge is 0.430 e. The van der Waals surface area contributed by atoms with Crippen LogP contribution in [0.15, 0.2) is 54.6 Å². The van der Waals surface area contributed by atoms with Gasteiger partial charge in [-0.15, -0.1) is 0 Å². The van der Waals surface area contributed by atoms with Crippen molar-refractivity contribution in [3.05, 3.63) is 70.7 Å². The van der Waals surface area contributed by atoms with Crippen LogP contribution in [-0.4, -0.2) is 43.4 Å². The number of hydrogen-bond donors (Lipinski definition) is 0. The van der Waals surface area contributed by atoms with Crippen LogP contribution in [0.3, 0.4) is 0 Å². The number of quaternary nitrogens is 1. The Bertz CT molecular complexity index is 809. The molecule has 5 heteroatoms. The van der Waals surface area contributed by atoms with Crippen LogP contribution in [0, 0.1) is 0 Å². The summed E-state index contributed by atoms with van der Waals surface area (Å²) < 4.78 is 13.4. The highest BCUT2D eigenvalue weighted by atomic mass is 35.5. The molecule has 4 rings (SSSR count). The number of carbonyl (C=O) groups is 1. The second-order valence-electron chi connectivity index (χ2n) is 7.84. The van der Waals surface area contributed by atoms with Crippen molar-refractivity contribution >= 4 is 17.6 Å². The van der Waals surface area contributed by atoms with Crippen molar-refractivity contribution in [3.63, 3.8) is 0 Å². The van der Waals surface area contributed by atoms with E-state index < -0.39 is 11.4 Å². The Balaban J connectivity index is 1.80. The second-order valence-corrected chi connectivity index (χ2v) is 8.28. The van der Waals surface area contributed by atoms with Crippen LogP contribution in [-0.2, 0) is 19.9 Å². The van der Waals surface area contributed by atoms with Crippen LogP contribution in [0.2, 0.25) is 5.02 Å². The van der Waals surface area contributed by atoms with Crippen molar-refractivity contribution in [3.8, 4) is 0 Å². The minimum Gasteiger partial charge on any atom is -0.430 e. The summed E-state index contributed by atoms with van der Waals surface area (Å²) >= 11 is 6.06. The first kappa shape index (κ1) is 17.5. The van der Waals surface area contributed by atoms with Gasteiger partial charge < -0.3 is 14.0 Å². The molecular weight excluding hydrogens is 350 g/mol. The average molecular weight is 373 g/mol. The first-order valence-electron chi connectivity index (χ1n) is 8.93. The Morgan fingerprint density at radius 1 is 0.923 bits per heavy atom. The van der Waals surface area contributed by atoms with Gasteiger partial charge in [0.05, 0.1) is 40.0 Å². The lowest BCUT2D eigenvalue weighted by molar-refractivity contribution is -0.898. The minimum atomic E-state index is -1.25. The summed E-state index contributed by atoms with van der Waals surface area (Å²) in [6, 6.07) is 16.8. The molecule has 0 aromatic heterocycles. The van der Waals surface area contributed by atoms with Crippen molar-refractivity contribution in [1.29, 1.82) is 0 Å². The van der Waals surface area contributed by atoms with E-state index in [2.05, 4.69) is 14.1 Å². The maximum absolute atomic E-state index is 13.2. The smallest absolute Gasteiger partial charge is 0.350 e. The first-order valence-corrected chi connectivity index (χ1v) is 9.30. The lowest BCUT2D eigenvalue weighted by Gasteiger charge is -2.41. The Hall–Kier alpha value is -1.88. The van der Waals surface area contributed by atoms with Gasteiger partial charge in [-0.25, -0.2) is 4.79 Å². The van der Waals surface area contributed by atoms with Crippen LogP contribution in [0.4, 0.5) is 0 Å². The molecule has 136 valence electrons. The molecule has 2 heterocycles. The zero-order chi connectivity index (χ0) is 18.4. The highest BCUT2D eigenvalue weighted by molar-refractivity contribution is 6.30. The zero-order valence-corrected chi connectivity index (χ0v) is 15.8. The van der Waals surface area contributed by atoms with Crippen LogP contribution in [0.25, 0.3) is 0 Å². The fourth-order valence-corrected chi connectivity index (χ4v) is 3.97. The number of carbonyl (C=O) groups excluding carboxylic acids is 1. The number of benzene rings is 2. The highest BCUT2D eigenvalue weighted by Gasteiger charge is 2.61. The summed E-state index contributed by atoms with van der Waals surface area (Å²) in [6.07, 6.45) is 1.38. The van der Waals surface area contributed by atoms with Gasteiger partial charge in [0.25, 0.3) is 0 Å². The molecule has 2 aromatic carbocycles. The molecule has 0 amide bonds. The molecule has 0 N–H and O–H groups in total. The third-order valence-electron chi connectivity index (χ3n) is 5.53. The molecule has 2 aliphatic heterocycles. The standard InChI is InChI=1S/C21H23ClNO3/c1-23(2)14-12-20(13-15-23)25-19(24)21(26-20,16-6-4-3-5-7-16)17-8-10-18(22)11-9-17/h3-11H,12-15H2,1-2H3/q+1. The first-order chi connectivity index (χ1) is 12.4. The van der Waals surface area contributed by atoms with Crippen LogP contribution in [0.1, 0.15) is 24.0 Å². The molecule has 1 atom stereocenters. The van der Waals surface area contributed by atoms with Gasteiger partial charge >= 0.3 is 5.97 Å². The van der Waals surface area contributed by atoms with E-state index in [0.29, 0.717) is 17.9 Å². The van der Waals surface area contributed by atoms with Gasteiger partial charge in [-0.3, -0.25) is 0 Å². The molecule has 0 bridgehead atoms. The van der Waals surface area contributed by atoms with Crippen molar-refractivity contribution in [2.24, 2.45) is 0 Å². The molecule has 26 heavy (non-hydrogen) atoms. The third-order valence-corrected chi connectivity index (χ3v) is 5.78. The molecular formula is C21H23ClNO3+. The topological polar surface area (TPSA) is 35.5 Å². The summed E-state index contributed by atoms with van der Waals surface area (Å²) in [4.78, 5) is 13.2. The van der Waals surface area contributed by atoms with E-state index in [1.807, 2.05) is 42.5 Å². The van der Waals surface area contributed by atoms with Gasteiger partial charge in [-0.1, -0.05) is 54.1 Å². The Kier molecular flexibility index (Phi) is 4.10. The molecule has 2 aliphatic rings. The summed E-state index contributed by atoms with van der Waals surface area (Å²) in [6.45, 7) is 1.80. The van der Waals surface area contributed by atoms with Crippen LogP contribution < -0.4 is 0 Å². The second kappa shape index (κ2) is 6.08. The summed E-state index contributed by atoms with van der Waals surface area (Å²) in [5.41, 5.74) is 0.276.